The van der Waals surface area contributed by atoms with E-state index in [9.17, 15) is 4.79 Å². The number of carbonyl (C=O) groups excluding carboxylic acids is 1. The molecule has 4 atom stereocenters. The molecule has 4 aliphatic rings. The van der Waals surface area contributed by atoms with Crippen molar-refractivity contribution in [2.45, 2.75) is 69.9 Å². The molecule has 1 N–H and O–H groups in total. The van der Waals surface area contributed by atoms with Gasteiger partial charge >= 0.3 is 6.09 Å². The topological polar surface area (TPSA) is 76.6 Å². The number of benzene rings is 1. The molecule has 34 heavy (non-hydrogen) atoms. The van der Waals surface area contributed by atoms with Gasteiger partial charge in [0, 0.05) is 35.8 Å². The lowest BCUT2D eigenvalue weighted by atomic mass is 9.74. The molecule has 2 bridgehead atoms. The van der Waals surface area contributed by atoms with Gasteiger partial charge in [0.2, 0.25) is 0 Å². The summed E-state index contributed by atoms with van der Waals surface area (Å²) in [5.74, 6) is 2.52. The molecule has 1 unspecified atom stereocenters. The standard InChI is InChI=1S/C27H36N4O3/c1-18-28-24(22-10-6-7-11-26(22)33-2)15-25(29-18)23-16-31-13-12-19(23)14-21(31)17-34-27(32)30-20-8-4-3-5-9-20/h6-7,10-11,15,19-21,23H,3-5,8-9,12-14,16-17H2,1-2H3,(H,30,32)/t19-,21+,23-/m0/s1. The van der Waals surface area contributed by atoms with E-state index >= 15 is 0 Å². The van der Waals surface area contributed by atoms with Crippen LogP contribution in [0.15, 0.2) is 30.3 Å². The number of piperidine rings is 3. The average Bonchev–Trinajstić information content (AvgIpc) is 2.88. The van der Waals surface area contributed by atoms with Crippen LogP contribution in [0.25, 0.3) is 11.3 Å². The van der Waals surface area contributed by atoms with Crippen LogP contribution in [0, 0.1) is 12.8 Å². The maximum absolute atomic E-state index is 12.3. The monoisotopic (exact) mass is 464 g/mol. The fourth-order valence-corrected chi connectivity index (χ4v) is 6.05. The number of alkyl carbamates (subject to hydrolysis) is 1. The Hall–Kier alpha value is -2.67. The third-order valence-electron chi connectivity index (χ3n) is 7.83. The quantitative estimate of drug-likeness (QED) is 0.668. The fraction of sp³-hybridized carbons (Fsp3) is 0.593. The molecule has 7 heteroatoms. The molecule has 3 saturated heterocycles. The van der Waals surface area contributed by atoms with E-state index in [4.69, 9.17) is 19.4 Å². The SMILES string of the molecule is COc1ccccc1-c1cc([C@H]2CN3CC[C@H]2C[C@@H]3COC(=O)NC2CCCCC2)nc(C)n1. The minimum atomic E-state index is -0.251. The van der Waals surface area contributed by atoms with Crippen molar-refractivity contribution in [2.24, 2.45) is 5.92 Å². The fourth-order valence-electron chi connectivity index (χ4n) is 6.05. The Kier molecular flexibility index (Phi) is 6.99. The predicted molar refractivity (Wildman–Crippen MR) is 131 cm³/mol. The maximum Gasteiger partial charge on any atom is 0.407 e. The number of ether oxygens (including phenoxy) is 2. The van der Waals surface area contributed by atoms with E-state index in [1.54, 1.807) is 7.11 Å². The van der Waals surface area contributed by atoms with E-state index in [1.165, 1.54) is 19.3 Å². The van der Waals surface area contributed by atoms with Gasteiger partial charge in [-0.15, -0.1) is 0 Å². The summed E-state index contributed by atoms with van der Waals surface area (Å²) < 4.78 is 11.2. The molecule has 6 rings (SSSR count). The molecule has 7 nitrogen and oxygen atoms in total. The van der Waals surface area contributed by atoms with Crippen molar-refractivity contribution < 1.29 is 14.3 Å². The summed E-state index contributed by atoms with van der Waals surface area (Å²) in [5.41, 5.74) is 3.02. The van der Waals surface area contributed by atoms with Crippen LogP contribution >= 0.6 is 0 Å². The van der Waals surface area contributed by atoms with Gasteiger partial charge in [0.25, 0.3) is 0 Å². The second kappa shape index (κ2) is 10.3. The van der Waals surface area contributed by atoms with Crippen LogP contribution in [0.2, 0.25) is 0 Å². The zero-order chi connectivity index (χ0) is 23.5. The largest absolute Gasteiger partial charge is 0.496 e. The van der Waals surface area contributed by atoms with Crippen molar-refractivity contribution >= 4 is 6.09 Å². The van der Waals surface area contributed by atoms with Crippen LogP contribution in [0.3, 0.4) is 0 Å². The normalized spacial score (nSPS) is 26.8. The highest BCUT2D eigenvalue weighted by Gasteiger charge is 2.42. The van der Waals surface area contributed by atoms with E-state index in [2.05, 4.69) is 16.3 Å². The van der Waals surface area contributed by atoms with E-state index in [-0.39, 0.29) is 12.1 Å². The van der Waals surface area contributed by atoms with Gasteiger partial charge in [-0.1, -0.05) is 31.4 Å². The lowest BCUT2D eigenvalue weighted by molar-refractivity contribution is -0.00403. The second-order valence-electron chi connectivity index (χ2n) is 10.0. The summed E-state index contributed by atoms with van der Waals surface area (Å²) >= 11 is 0. The van der Waals surface area contributed by atoms with Crippen molar-refractivity contribution in [3.8, 4) is 17.0 Å². The molecular weight excluding hydrogens is 428 g/mol. The second-order valence-corrected chi connectivity index (χ2v) is 10.0. The molecule has 0 radical (unpaired) electrons. The Balaban J connectivity index is 1.24. The first kappa shape index (κ1) is 23.1. The Morgan fingerprint density at radius 3 is 2.74 bits per heavy atom. The molecule has 1 aliphatic carbocycles. The van der Waals surface area contributed by atoms with Gasteiger partial charge in [0.05, 0.1) is 12.8 Å². The molecule has 1 amide bonds. The Morgan fingerprint density at radius 1 is 1.15 bits per heavy atom. The smallest absolute Gasteiger partial charge is 0.407 e. The summed E-state index contributed by atoms with van der Waals surface area (Å²) in [5, 5.41) is 3.07. The summed E-state index contributed by atoms with van der Waals surface area (Å²) in [6.07, 6.45) is 7.76. The summed E-state index contributed by atoms with van der Waals surface area (Å²) in [6.45, 7) is 4.44. The average molecular weight is 465 g/mol. The van der Waals surface area contributed by atoms with Crippen molar-refractivity contribution in [3.05, 3.63) is 41.9 Å². The van der Waals surface area contributed by atoms with Crippen molar-refractivity contribution in [1.82, 2.24) is 20.2 Å². The van der Waals surface area contributed by atoms with Gasteiger partial charge < -0.3 is 14.8 Å². The zero-order valence-electron chi connectivity index (χ0n) is 20.3. The number of nitrogens with one attached hydrogen (secondary N) is 1. The summed E-state index contributed by atoms with van der Waals surface area (Å²) in [4.78, 5) is 24.4. The van der Waals surface area contributed by atoms with Crippen LogP contribution in [-0.2, 0) is 4.74 Å². The van der Waals surface area contributed by atoms with Crippen LogP contribution in [0.1, 0.15) is 62.4 Å². The first-order chi connectivity index (χ1) is 16.6. The molecule has 2 aromatic rings. The van der Waals surface area contributed by atoms with E-state index in [1.807, 2.05) is 31.2 Å². The third-order valence-corrected chi connectivity index (χ3v) is 7.83. The number of methoxy groups -OCH3 is 1. The molecule has 3 aliphatic heterocycles. The van der Waals surface area contributed by atoms with Gasteiger partial charge in [-0.2, -0.15) is 0 Å². The number of fused-ring (bicyclic) bond motifs is 3. The number of rotatable bonds is 6. The highest BCUT2D eigenvalue weighted by Crippen LogP contribution is 2.42. The number of hydrogen-bond acceptors (Lipinski definition) is 6. The lowest BCUT2D eigenvalue weighted by Crippen LogP contribution is -2.54. The highest BCUT2D eigenvalue weighted by molar-refractivity contribution is 5.68. The molecule has 182 valence electrons. The number of hydrogen-bond donors (Lipinski definition) is 1. The van der Waals surface area contributed by atoms with Gasteiger partial charge in [-0.05, 0) is 63.3 Å². The van der Waals surface area contributed by atoms with Crippen molar-refractivity contribution in [2.75, 3.05) is 26.8 Å². The molecule has 0 spiro atoms. The Bertz CT molecular complexity index is 1010. The first-order valence-electron chi connectivity index (χ1n) is 12.8. The molecule has 1 aromatic carbocycles. The number of carbonyl (C=O) groups is 1. The molecule has 4 fully saturated rings. The number of para-hydroxylation sites is 1. The number of nitrogens with zero attached hydrogens (tertiary/aromatic N) is 3. The van der Waals surface area contributed by atoms with Gasteiger partial charge in [-0.3, -0.25) is 4.90 Å². The van der Waals surface area contributed by atoms with Gasteiger partial charge in [-0.25, -0.2) is 14.8 Å². The maximum atomic E-state index is 12.3. The Morgan fingerprint density at radius 2 is 1.97 bits per heavy atom. The number of amides is 1. The number of aromatic nitrogens is 2. The van der Waals surface area contributed by atoms with Crippen LogP contribution in [-0.4, -0.2) is 59.9 Å². The summed E-state index contributed by atoms with van der Waals surface area (Å²) in [7, 11) is 1.69. The Labute approximate surface area is 202 Å². The third kappa shape index (κ3) is 5.04. The van der Waals surface area contributed by atoms with Crippen LogP contribution in [0.4, 0.5) is 4.79 Å². The van der Waals surface area contributed by atoms with Crippen molar-refractivity contribution in [3.63, 3.8) is 0 Å². The van der Waals surface area contributed by atoms with Gasteiger partial charge in [0.1, 0.15) is 18.2 Å². The van der Waals surface area contributed by atoms with Gasteiger partial charge in [0.15, 0.2) is 0 Å². The van der Waals surface area contributed by atoms with E-state index in [0.29, 0.717) is 24.5 Å². The van der Waals surface area contributed by atoms with Crippen LogP contribution in [0.5, 0.6) is 5.75 Å². The predicted octanol–water partition coefficient (Wildman–Crippen LogP) is 4.70. The van der Waals surface area contributed by atoms with E-state index in [0.717, 1.165) is 67.3 Å². The first-order valence-corrected chi connectivity index (χ1v) is 12.8. The molecule has 1 aromatic heterocycles. The minimum absolute atomic E-state index is 0.251. The number of aryl methyl sites for hydroxylation is 1. The van der Waals surface area contributed by atoms with Crippen LogP contribution < -0.4 is 10.1 Å². The molecular formula is C27H36N4O3. The minimum Gasteiger partial charge on any atom is -0.496 e. The van der Waals surface area contributed by atoms with Crippen molar-refractivity contribution in [1.29, 1.82) is 0 Å². The summed E-state index contributed by atoms with van der Waals surface area (Å²) in [6, 6.07) is 10.7. The highest BCUT2D eigenvalue weighted by atomic mass is 16.5. The zero-order valence-corrected chi connectivity index (χ0v) is 20.3. The lowest BCUT2D eigenvalue weighted by Gasteiger charge is -2.49. The van der Waals surface area contributed by atoms with E-state index < -0.39 is 0 Å². The molecule has 4 heterocycles. The molecule has 1 saturated carbocycles.